The maximum atomic E-state index is 12.0. The van der Waals surface area contributed by atoms with Crippen LogP contribution in [0, 0.1) is 13.8 Å². The summed E-state index contributed by atoms with van der Waals surface area (Å²) in [6.45, 7) is 6.42. The molecule has 0 aliphatic rings. The molecule has 5 nitrogen and oxygen atoms in total. The number of aromatic nitrogens is 2. The van der Waals surface area contributed by atoms with Gasteiger partial charge in [0, 0.05) is 17.1 Å². The average Bonchev–Trinajstić information content (AvgIpc) is 2.89. The van der Waals surface area contributed by atoms with Gasteiger partial charge in [0.2, 0.25) is 0 Å². The number of halogens is 1. The molecule has 2 heterocycles. The molecule has 0 spiro atoms. The monoisotopic (exact) mass is 313 g/mol. The van der Waals surface area contributed by atoms with Crippen molar-refractivity contribution < 1.29 is 9.53 Å². The summed E-state index contributed by atoms with van der Waals surface area (Å²) < 4.78 is 7.02. The number of nitrogen functional groups attached to an aromatic ring is 1. The van der Waals surface area contributed by atoms with Gasteiger partial charge in [0.15, 0.2) is 0 Å². The van der Waals surface area contributed by atoms with Gasteiger partial charge in [-0.2, -0.15) is 5.10 Å². The van der Waals surface area contributed by atoms with E-state index in [2.05, 4.69) is 5.10 Å². The van der Waals surface area contributed by atoms with E-state index < -0.39 is 5.97 Å². The van der Waals surface area contributed by atoms with Gasteiger partial charge in [0.25, 0.3) is 0 Å². The summed E-state index contributed by atoms with van der Waals surface area (Å²) >= 11 is 7.48. The first-order valence-corrected chi connectivity index (χ1v) is 7.38. The fraction of sp³-hybridized carbons (Fsp3) is 0.385. The lowest BCUT2D eigenvalue weighted by Crippen LogP contribution is -2.08. The van der Waals surface area contributed by atoms with Crippen LogP contribution in [-0.2, 0) is 17.9 Å². The van der Waals surface area contributed by atoms with Gasteiger partial charge in [-0.05, 0) is 26.8 Å². The van der Waals surface area contributed by atoms with Crippen LogP contribution in [0.3, 0.4) is 0 Å². The number of nitrogens with zero attached hydrogens (tertiary/aromatic N) is 2. The van der Waals surface area contributed by atoms with Crippen LogP contribution in [0.1, 0.15) is 32.9 Å². The Kier molecular flexibility index (Phi) is 4.35. The summed E-state index contributed by atoms with van der Waals surface area (Å²) in [5.41, 5.74) is 7.77. The summed E-state index contributed by atoms with van der Waals surface area (Å²) in [5.74, 6) is -0.396. The molecule has 2 rings (SSSR count). The fourth-order valence-electron chi connectivity index (χ4n) is 1.81. The Balaban J connectivity index is 2.11. The van der Waals surface area contributed by atoms with E-state index in [0.717, 1.165) is 10.6 Å². The summed E-state index contributed by atoms with van der Waals surface area (Å²) in [5, 5.41) is 4.82. The van der Waals surface area contributed by atoms with Gasteiger partial charge < -0.3 is 10.5 Å². The molecule has 7 heteroatoms. The van der Waals surface area contributed by atoms with Crippen molar-refractivity contribution in [2.24, 2.45) is 0 Å². The fourth-order valence-corrected chi connectivity index (χ4v) is 2.83. The molecule has 2 aromatic heterocycles. The second-order valence-electron chi connectivity index (χ2n) is 4.36. The second kappa shape index (κ2) is 5.85. The van der Waals surface area contributed by atoms with E-state index in [1.807, 2.05) is 20.8 Å². The third kappa shape index (κ3) is 2.81. The molecule has 0 bridgehead atoms. The van der Waals surface area contributed by atoms with Gasteiger partial charge >= 0.3 is 5.97 Å². The lowest BCUT2D eigenvalue weighted by molar-refractivity contribution is 0.0468. The Labute approximate surface area is 126 Å². The predicted octanol–water partition coefficient (Wildman–Crippen LogP) is 3.17. The van der Waals surface area contributed by atoms with Crippen molar-refractivity contribution in [1.82, 2.24) is 9.78 Å². The number of nitrogens with two attached hydrogens (primary N) is 1. The lowest BCUT2D eigenvalue weighted by Gasteiger charge is -2.06. The zero-order valence-corrected chi connectivity index (χ0v) is 13.1. The largest absolute Gasteiger partial charge is 0.455 e. The van der Waals surface area contributed by atoms with Crippen molar-refractivity contribution in [2.75, 3.05) is 5.73 Å². The zero-order chi connectivity index (χ0) is 14.9. The summed E-state index contributed by atoms with van der Waals surface area (Å²) in [7, 11) is 0. The number of anilines is 1. The molecular weight excluding hydrogens is 298 g/mol. The van der Waals surface area contributed by atoms with E-state index >= 15 is 0 Å². The topological polar surface area (TPSA) is 70.1 Å². The minimum absolute atomic E-state index is 0.100. The van der Waals surface area contributed by atoms with Crippen LogP contribution in [0.5, 0.6) is 0 Å². The van der Waals surface area contributed by atoms with Gasteiger partial charge in [-0.1, -0.05) is 11.6 Å². The van der Waals surface area contributed by atoms with E-state index in [0.29, 0.717) is 27.8 Å². The minimum atomic E-state index is -0.396. The van der Waals surface area contributed by atoms with Gasteiger partial charge in [-0.25, -0.2) is 4.79 Å². The number of aryl methyl sites for hydroxylation is 3. The van der Waals surface area contributed by atoms with E-state index in [9.17, 15) is 4.79 Å². The molecule has 108 valence electrons. The lowest BCUT2D eigenvalue weighted by atomic mass is 10.3. The van der Waals surface area contributed by atoms with E-state index in [1.54, 1.807) is 10.7 Å². The van der Waals surface area contributed by atoms with Crippen molar-refractivity contribution in [3.05, 3.63) is 32.2 Å². The van der Waals surface area contributed by atoms with Crippen molar-refractivity contribution in [3.63, 3.8) is 0 Å². The Bertz CT molecular complexity index is 629. The average molecular weight is 314 g/mol. The normalized spacial score (nSPS) is 10.8. The second-order valence-corrected chi connectivity index (χ2v) is 5.99. The Morgan fingerprint density at radius 3 is 2.80 bits per heavy atom. The van der Waals surface area contributed by atoms with Crippen LogP contribution in [0.4, 0.5) is 5.69 Å². The first kappa shape index (κ1) is 14.9. The summed E-state index contributed by atoms with van der Waals surface area (Å²) in [6, 6.07) is 1.63. The molecule has 0 amide bonds. The van der Waals surface area contributed by atoms with Gasteiger partial charge in [0.05, 0.1) is 16.4 Å². The van der Waals surface area contributed by atoms with Crippen molar-refractivity contribution in [2.45, 2.75) is 33.9 Å². The first-order chi connectivity index (χ1) is 9.43. The smallest absolute Gasteiger partial charge is 0.348 e. The summed E-state index contributed by atoms with van der Waals surface area (Å²) in [4.78, 5) is 13.4. The highest BCUT2D eigenvalue weighted by Gasteiger charge is 2.17. The molecule has 0 saturated carbocycles. The number of ether oxygens (including phenoxy) is 1. The molecule has 0 aromatic carbocycles. The van der Waals surface area contributed by atoms with Crippen LogP contribution < -0.4 is 5.73 Å². The minimum Gasteiger partial charge on any atom is -0.455 e. The van der Waals surface area contributed by atoms with Crippen LogP contribution in [-0.4, -0.2) is 15.7 Å². The summed E-state index contributed by atoms with van der Waals surface area (Å²) in [6.07, 6.45) is 0. The maximum Gasteiger partial charge on any atom is 0.348 e. The molecule has 0 aliphatic carbocycles. The zero-order valence-electron chi connectivity index (χ0n) is 11.6. The molecule has 0 radical (unpaired) electrons. The molecule has 20 heavy (non-hydrogen) atoms. The van der Waals surface area contributed by atoms with Crippen LogP contribution >= 0.6 is 22.9 Å². The maximum absolute atomic E-state index is 12.0. The molecule has 0 fully saturated rings. The number of esters is 1. The molecule has 2 aromatic rings. The third-order valence-electron chi connectivity index (χ3n) is 2.95. The van der Waals surface area contributed by atoms with Crippen LogP contribution in [0.25, 0.3) is 0 Å². The quantitative estimate of drug-likeness (QED) is 0.880. The molecule has 2 N–H and O–H groups in total. The van der Waals surface area contributed by atoms with Gasteiger partial charge in [-0.15, -0.1) is 11.3 Å². The van der Waals surface area contributed by atoms with Crippen molar-refractivity contribution in [3.8, 4) is 0 Å². The molecule has 0 unspecified atom stereocenters. The predicted molar refractivity (Wildman–Crippen MR) is 80.2 cm³/mol. The number of carbonyl (C=O) groups excluding carboxylic acids is 1. The van der Waals surface area contributed by atoms with Crippen LogP contribution in [0.15, 0.2) is 6.07 Å². The SMILES string of the molecule is CCn1nc(C)c(Cl)c1COC(=O)c1cc(N)c(C)s1. The number of hydrogen-bond donors (Lipinski definition) is 1. The number of hydrogen-bond acceptors (Lipinski definition) is 5. The number of carbonyl (C=O) groups is 1. The highest BCUT2D eigenvalue weighted by molar-refractivity contribution is 7.14. The van der Waals surface area contributed by atoms with E-state index in [-0.39, 0.29) is 6.61 Å². The highest BCUT2D eigenvalue weighted by Crippen LogP contribution is 2.25. The van der Waals surface area contributed by atoms with E-state index in [4.69, 9.17) is 22.1 Å². The van der Waals surface area contributed by atoms with Crippen LogP contribution in [0.2, 0.25) is 5.02 Å². The number of rotatable bonds is 4. The Morgan fingerprint density at radius 2 is 2.25 bits per heavy atom. The highest BCUT2D eigenvalue weighted by atomic mass is 35.5. The molecule has 0 saturated heterocycles. The standard InChI is InChI=1S/C13H16ClN3O2S/c1-4-17-10(12(14)7(2)16-17)6-19-13(18)11-5-9(15)8(3)20-11/h5H,4,6,15H2,1-3H3. The molecule has 0 atom stereocenters. The Morgan fingerprint density at radius 1 is 1.55 bits per heavy atom. The molecule has 0 aliphatic heterocycles. The van der Waals surface area contributed by atoms with Crippen molar-refractivity contribution >= 4 is 34.6 Å². The third-order valence-corrected chi connectivity index (χ3v) is 4.49. The van der Waals surface area contributed by atoms with Gasteiger partial charge in [-0.3, -0.25) is 4.68 Å². The number of thiophene rings is 1. The first-order valence-electron chi connectivity index (χ1n) is 6.18. The van der Waals surface area contributed by atoms with E-state index in [1.165, 1.54) is 11.3 Å². The van der Waals surface area contributed by atoms with Gasteiger partial charge in [0.1, 0.15) is 11.5 Å². The Hall–Kier alpha value is -1.53. The van der Waals surface area contributed by atoms with Crippen molar-refractivity contribution in [1.29, 1.82) is 0 Å². The molecular formula is C13H16ClN3O2S.